The van der Waals surface area contributed by atoms with Gasteiger partial charge in [-0.05, 0) is 45.4 Å². The summed E-state index contributed by atoms with van der Waals surface area (Å²) in [5, 5.41) is 9.68. The van der Waals surface area contributed by atoms with Gasteiger partial charge >= 0.3 is 11.9 Å². The smallest absolute Gasteiger partial charge is 0.316 e. The van der Waals surface area contributed by atoms with Crippen LogP contribution < -0.4 is 0 Å². The summed E-state index contributed by atoms with van der Waals surface area (Å²) in [5.41, 5.74) is -1.06. The molecule has 0 aliphatic heterocycles. The van der Waals surface area contributed by atoms with E-state index in [-0.39, 0.29) is 12.1 Å². The van der Waals surface area contributed by atoms with Gasteiger partial charge in [0.05, 0.1) is 11.3 Å². The fraction of sp³-hybridized carbons (Fsp3) is 0.871. The molecule has 3 unspecified atom stereocenters. The minimum atomic E-state index is -1.06. The molecule has 3 atom stereocenters. The molecule has 0 amide bonds. The number of carboxylic acid groups (broad SMARTS) is 1. The fourth-order valence-electron chi connectivity index (χ4n) is 5.33. The summed E-state index contributed by atoms with van der Waals surface area (Å²) in [6.07, 6.45) is 28.3. The van der Waals surface area contributed by atoms with Crippen molar-refractivity contribution in [3.63, 3.8) is 0 Å². The minimum absolute atomic E-state index is 0.0891. The topological polar surface area (TPSA) is 63.6 Å². The number of allylic oxidation sites excluding steroid dienone is 1. The molecule has 0 aromatic carbocycles. The van der Waals surface area contributed by atoms with Crippen LogP contribution in [-0.2, 0) is 14.3 Å². The van der Waals surface area contributed by atoms with Gasteiger partial charge < -0.3 is 9.84 Å². The van der Waals surface area contributed by atoms with Gasteiger partial charge in [-0.15, -0.1) is 0 Å². The summed E-state index contributed by atoms with van der Waals surface area (Å²) < 4.78 is 6.05. The Labute approximate surface area is 216 Å². The third-order valence-electron chi connectivity index (χ3n) is 7.83. The molecule has 0 radical (unpaired) electrons. The summed E-state index contributed by atoms with van der Waals surface area (Å²) >= 11 is 0. The zero-order valence-corrected chi connectivity index (χ0v) is 23.3. The maximum atomic E-state index is 13.2. The highest BCUT2D eigenvalue weighted by molar-refractivity contribution is 5.86. The Bertz CT molecular complexity index is 585. The third-order valence-corrected chi connectivity index (χ3v) is 7.83. The van der Waals surface area contributed by atoms with Crippen LogP contribution in [0, 0.1) is 11.3 Å². The lowest BCUT2D eigenvalue weighted by molar-refractivity contribution is -0.168. The molecule has 0 fully saturated rings. The molecule has 4 nitrogen and oxygen atoms in total. The van der Waals surface area contributed by atoms with Crippen LogP contribution in [0.25, 0.3) is 0 Å². The average Bonchev–Trinajstić information content (AvgIpc) is 2.84. The molecule has 1 aliphatic carbocycles. The van der Waals surface area contributed by atoms with E-state index in [2.05, 4.69) is 13.8 Å². The highest BCUT2D eigenvalue weighted by Gasteiger charge is 2.46. The van der Waals surface area contributed by atoms with Gasteiger partial charge in [-0.3, -0.25) is 9.59 Å². The van der Waals surface area contributed by atoms with Crippen molar-refractivity contribution in [2.45, 2.75) is 162 Å². The van der Waals surface area contributed by atoms with E-state index in [1.54, 1.807) is 13.0 Å². The molecule has 204 valence electrons. The molecule has 0 saturated heterocycles. The number of carbonyl (C=O) groups is 2. The van der Waals surface area contributed by atoms with Gasteiger partial charge in [0.25, 0.3) is 0 Å². The molecule has 35 heavy (non-hydrogen) atoms. The van der Waals surface area contributed by atoms with E-state index in [1.807, 2.05) is 6.08 Å². The summed E-state index contributed by atoms with van der Waals surface area (Å²) in [5.74, 6) is -1.94. The minimum Gasteiger partial charge on any atom is -0.481 e. The van der Waals surface area contributed by atoms with Crippen molar-refractivity contribution in [1.29, 1.82) is 0 Å². The maximum absolute atomic E-state index is 13.2. The number of esters is 1. The molecular weight excluding hydrogens is 436 g/mol. The number of unbranched alkanes of at least 4 members (excludes halogenated alkanes) is 15. The first kappa shape index (κ1) is 31.7. The number of carboxylic acids is 1. The average molecular weight is 493 g/mol. The van der Waals surface area contributed by atoms with E-state index in [4.69, 9.17) is 4.74 Å². The molecule has 0 saturated carbocycles. The van der Waals surface area contributed by atoms with E-state index >= 15 is 0 Å². The largest absolute Gasteiger partial charge is 0.481 e. The van der Waals surface area contributed by atoms with Gasteiger partial charge in [-0.25, -0.2) is 0 Å². The van der Waals surface area contributed by atoms with Crippen molar-refractivity contribution in [2.75, 3.05) is 0 Å². The SMILES string of the molecule is CCCCCCCCCCCCC(CCCCCCCCC)OC(=O)C1(C)C=CCCC1C(=O)O. The van der Waals surface area contributed by atoms with Crippen molar-refractivity contribution in [1.82, 2.24) is 0 Å². The van der Waals surface area contributed by atoms with Gasteiger partial charge in [0.15, 0.2) is 0 Å². The second-order valence-electron chi connectivity index (χ2n) is 11.1. The van der Waals surface area contributed by atoms with Crippen LogP contribution in [0.3, 0.4) is 0 Å². The van der Waals surface area contributed by atoms with Crippen LogP contribution in [0.1, 0.15) is 156 Å². The molecule has 0 aromatic rings. The lowest BCUT2D eigenvalue weighted by Crippen LogP contribution is -2.42. The fourth-order valence-corrected chi connectivity index (χ4v) is 5.33. The number of hydrogen-bond donors (Lipinski definition) is 1. The number of rotatable bonds is 22. The van der Waals surface area contributed by atoms with Crippen molar-refractivity contribution < 1.29 is 19.4 Å². The monoisotopic (exact) mass is 492 g/mol. The Balaban J connectivity index is 2.47. The Kier molecular flexibility index (Phi) is 18.0. The summed E-state index contributed by atoms with van der Waals surface area (Å²) in [7, 11) is 0. The maximum Gasteiger partial charge on any atom is 0.316 e. The molecule has 0 spiro atoms. The van der Waals surface area contributed by atoms with Crippen molar-refractivity contribution in [2.24, 2.45) is 11.3 Å². The van der Waals surface area contributed by atoms with Crippen LogP contribution in [-0.4, -0.2) is 23.1 Å². The summed E-state index contributed by atoms with van der Waals surface area (Å²) in [4.78, 5) is 25.0. The number of ether oxygens (including phenoxy) is 1. The van der Waals surface area contributed by atoms with Gasteiger partial charge in [-0.2, -0.15) is 0 Å². The molecule has 4 heteroatoms. The van der Waals surface area contributed by atoms with E-state index in [9.17, 15) is 14.7 Å². The normalized spacial score (nSPS) is 20.6. The predicted molar refractivity (Wildman–Crippen MR) is 147 cm³/mol. The Morgan fingerprint density at radius 2 is 1.23 bits per heavy atom. The van der Waals surface area contributed by atoms with Crippen molar-refractivity contribution in [3.8, 4) is 0 Å². The second-order valence-corrected chi connectivity index (χ2v) is 11.1. The Morgan fingerprint density at radius 3 is 1.66 bits per heavy atom. The lowest BCUT2D eigenvalue weighted by Gasteiger charge is -2.34. The predicted octanol–water partition coefficient (Wildman–Crippen LogP) is 9.41. The second kappa shape index (κ2) is 19.8. The number of aliphatic carboxylic acids is 1. The first-order valence-electron chi connectivity index (χ1n) is 15.1. The third kappa shape index (κ3) is 13.5. The quantitative estimate of drug-likeness (QED) is 0.0928. The van der Waals surface area contributed by atoms with Crippen molar-refractivity contribution in [3.05, 3.63) is 12.2 Å². The van der Waals surface area contributed by atoms with Gasteiger partial charge in [0.1, 0.15) is 6.10 Å². The molecule has 0 aromatic heterocycles. The molecular formula is C31H56O4. The van der Waals surface area contributed by atoms with Gasteiger partial charge in [0.2, 0.25) is 0 Å². The molecule has 1 aliphatic rings. The molecule has 1 rings (SSSR count). The van der Waals surface area contributed by atoms with Gasteiger partial charge in [-0.1, -0.05) is 122 Å². The zero-order chi connectivity index (χ0) is 25.8. The van der Waals surface area contributed by atoms with Crippen LogP contribution in [0.15, 0.2) is 12.2 Å². The van der Waals surface area contributed by atoms with Crippen LogP contribution in [0.2, 0.25) is 0 Å². The first-order valence-corrected chi connectivity index (χ1v) is 15.1. The van der Waals surface area contributed by atoms with Crippen LogP contribution >= 0.6 is 0 Å². The lowest BCUT2D eigenvalue weighted by atomic mass is 9.71. The molecule has 0 heterocycles. The molecule has 1 N–H and O–H groups in total. The van der Waals surface area contributed by atoms with Crippen LogP contribution in [0.5, 0.6) is 0 Å². The Hall–Kier alpha value is -1.32. The first-order chi connectivity index (χ1) is 17.0. The number of carbonyl (C=O) groups excluding carboxylic acids is 1. The standard InChI is InChI=1S/C31H56O4/c1-4-6-8-10-12-13-14-16-18-20-24-27(23-19-17-15-11-9-7-5-2)35-30(34)31(3)26-22-21-25-28(31)29(32)33/h22,26-28H,4-21,23-25H2,1-3H3,(H,32,33). The summed E-state index contributed by atoms with van der Waals surface area (Å²) in [6.45, 7) is 6.24. The van der Waals surface area contributed by atoms with Crippen LogP contribution in [0.4, 0.5) is 0 Å². The Morgan fingerprint density at radius 1 is 0.800 bits per heavy atom. The highest BCUT2D eigenvalue weighted by Crippen LogP contribution is 2.38. The highest BCUT2D eigenvalue weighted by atomic mass is 16.5. The van der Waals surface area contributed by atoms with E-state index in [0.717, 1.165) is 25.7 Å². The zero-order valence-electron chi connectivity index (χ0n) is 23.3. The van der Waals surface area contributed by atoms with E-state index in [0.29, 0.717) is 12.8 Å². The van der Waals surface area contributed by atoms with Gasteiger partial charge in [0, 0.05) is 0 Å². The molecule has 0 bridgehead atoms. The number of hydrogen-bond acceptors (Lipinski definition) is 3. The van der Waals surface area contributed by atoms with Crippen molar-refractivity contribution >= 4 is 11.9 Å². The van der Waals surface area contributed by atoms with E-state index < -0.39 is 17.3 Å². The van der Waals surface area contributed by atoms with E-state index in [1.165, 1.54) is 96.3 Å². The summed E-state index contributed by atoms with van der Waals surface area (Å²) in [6, 6.07) is 0.